The van der Waals surface area contributed by atoms with Gasteiger partial charge >= 0.3 is 12.2 Å². The van der Waals surface area contributed by atoms with Crippen LogP contribution in [0.4, 0.5) is 9.59 Å². The van der Waals surface area contributed by atoms with E-state index < -0.39 is 51.8 Å². The fourth-order valence-corrected chi connectivity index (χ4v) is 14.6. The molecule has 4 N–H and O–H groups in total. The van der Waals surface area contributed by atoms with Gasteiger partial charge in [-0.3, -0.25) is 29.8 Å². The first-order chi connectivity index (χ1) is 23.7. The molecule has 0 spiro atoms. The molecule has 11 unspecified atom stereocenters. The van der Waals surface area contributed by atoms with Crippen molar-refractivity contribution in [3.05, 3.63) is 0 Å². The van der Waals surface area contributed by atoms with Gasteiger partial charge in [-0.15, -0.1) is 47.0 Å². The predicted molar refractivity (Wildman–Crippen MR) is 190 cm³/mol. The standard InChI is InChI=1S/C30H42N4O10S5/c1-2-41-29(39)34-24(36)16-11-14(48-28(16)32-26(38)22-21-17(13-47-22)42-7-8-43-21)3-6-44-30(40)33-23(35)15-4-9-46-27(15)31-25(37)20-12-19-18(49-20)5-10-45-19/h14-22,27-28H,2-13H2,1H3,(H,31,37)(H,32,38)(H,33,35,40)(H,34,36,39). The van der Waals surface area contributed by atoms with Crippen LogP contribution in [-0.4, -0.2) is 129 Å². The molecule has 49 heavy (non-hydrogen) atoms. The molecule has 11 atom stereocenters. The van der Waals surface area contributed by atoms with Crippen LogP contribution in [0.2, 0.25) is 0 Å². The van der Waals surface area contributed by atoms with Crippen molar-refractivity contribution in [1.29, 1.82) is 0 Å². The second kappa shape index (κ2) is 17.3. The Morgan fingerprint density at radius 1 is 0.735 bits per heavy atom. The van der Waals surface area contributed by atoms with Crippen LogP contribution in [0.1, 0.15) is 39.0 Å². The third kappa shape index (κ3) is 9.30. The maximum atomic E-state index is 13.3. The van der Waals surface area contributed by atoms with E-state index in [0.717, 1.165) is 18.6 Å². The number of ether oxygens (including phenoxy) is 4. The molecule has 0 bridgehead atoms. The number of rotatable bonds is 10. The van der Waals surface area contributed by atoms with E-state index in [1.54, 1.807) is 18.7 Å². The fraction of sp³-hybridized carbons (Fsp3) is 0.800. The van der Waals surface area contributed by atoms with Crippen LogP contribution in [0.15, 0.2) is 0 Å². The van der Waals surface area contributed by atoms with Crippen molar-refractivity contribution in [1.82, 2.24) is 21.3 Å². The highest BCUT2D eigenvalue weighted by Gasteiger charge is 2.48. The van der Waals surface area contributed by atoms with Gasteiger partial charge in [-0.25, -0.2) is 9.59 Å². The molecular formula is C30H42N4O10S5. The van der Waals surface area contributed by atoms with Crippen molar-refractivity contribution in [3.63, 3.8) is 0 Å². The molecule has 0 saturated carbocycles. The Morgan fingerprint density at radius 2 is 1.47 bits per heavy atom. The van der Waals surface area contributed by atoms with Crippen molar-refractivity contribution in [2.24, 2.45) is 11.8 Å². The molecule has 6 aliphatic heterocycles. The van der Waals surface area contributed by atoms with Crippen LogP contribution in [0.5, 0.6) is 0 Å². The number of amides is 6. The van der Waals surface area contributed by atoms with E-state index in [0.29, 0.717) is 54.5 Å². The molecule has 0 aromatic carbocycles. The van der Waals surface area contributed by atoms with Gasteiger partial charge in [-0.2, -0.15) is 11.8 Å². The maximum Gasteiger partial charge on any atom is 0.413 e. The molecule has 6 aliphatic rings. The Morgan fingerprint density at radius 3 is 2.27 bits per heavy atom. The monoisotopic (exact) mass is 778 g/mol. The molecule has 6 fully saturated rings. The van der Waals surface area contributed by atoms with E-state index >= 15 is 0 Å². The van der Waals surface area contributed by atoms with Gasteiger partial charge in [0.15, 0.2) is 0 Å². The van der Waals surface area contributed by atoms with Gasteiger partial charge in [0.2, 0.25) is 23.6 Å². The molecule has 6 saturated heterocycles. The molecule has 0 aliphatic carbocycles. The minimum absolute atomic E-state index is 0.0318. The van der Waals surface area contributed by atoms with Gasteiger partial charge in [0, 0.05) is 21.5 Å². The van der Waals surface area contributed by atoms with Gasteiger partial charge in [0.05, 0.1) is 60.4 Å². The number of hydrogen-bond donors (Lipinski definition) is 4. The van der Waals surface area contributed by atoms with E-state index in [9.17, 15) is 28.8 Å². The average molecular weight is 779 g/mol. The average Bonchev–Trinajstić information content (AvgIpc) is 3.89. The first-order valence-electron chi connectivity index (χ1n) is 16.6. The zero-order valence-corrected chi connectivity index (χ0v) is 31.0. The van der Waals surface area contributed by atoms with Crippen molar-refractivity contribution in [2.75, 3.05) is 43.7 Å². The van der Waals surface area contributed by atoms with Crippen molar-refractivity contribution in [3.8, 4) is 0 Å². The number of hydrogen-bond acceptors (Lipinski definition) is 15. The summed E-state index contributed by atoms with van der Waals surface area (Å²) in [6.07, 6.45) is 0.894. The minimum Gasteiger partial charge on any atom is -0.450 e. The summed E-state index contributed by atoms with van der Waals surface area (Å²) in [5.74, 6) is -0.180. The second-order valence-electron chi connectivity index (χ2n) is 12.4. The first-order valence-corrected chi connectivity index (χ1v) is 21.7. The molecule has 272 valence electrons. The van der Waals surface area contributed by atoms with Gasteiger partial charge in [-0.1, -0.05) is 0 Å². The molecule has 14 nitrogen and oxygen atoms in total. The Balaban J connectivity index is 0.962. The number of carbonyl (C=O) groups excluding carboxylic acids is 6. The Kier molecular flexibility index (Phi) is 13.2. The van der Waals surface area contributed by atoms with E-state index in [1.807, 2.05) is 11.8 Å². The van der Waals surface area contributed by atoms with Crippen molar-refractivity contribution >= 4 is 94.6 Å². The van der Waals surface area contributed by atoms with Crippen LogP contribution in [-0.2, 0) is 38.1 Å². The SMILES string of the molecule is CCOC(=O)NC(=O)C1CC(CCOC(=O)NC(=O)C2CCSC2NC(=O)C2CC3SCCC3S2)SC1NC(=O)C1SCC2OCCOC21. The zero-order valence-electron chi connectivity index (χ0n) is 27.0. The van der Waals surface area contributed by atoms with Crippen LogP contribution < -0.4 is 21.3 Å². The van der Waals surface area contributed by atoms with E-state index in [2.05, 4.69) is 21.3 Å². The van der Waals surface area contributed by atoms with E-state index in [1.165, 1.54) is 35.3 Å². The number of alkyl carbamates (subject to hydrolysis) is 2. The third-order valence-electron chi connectivity index (χ3n) is 9.27. The summed E-state index contributed by atoms with van der Waals surface area (Å²) in [7, 11) is 0. The highest BCUT2D eigenvalue weighted by molar-refractivity contribution is 8.06. The van der Waals surface area contributed by atoms with Gasteiger partial charge in [0.25, 0.3) is 0 Å². The fourth-order valence-electron chi connectivity index (χ4n) is 6.84. The summed E-state index contributed by atoms with van der Waals surface area (Å²) in [5.41, 5.74) is 0. The largest absolute Gasteiger partial charge is 0.450 e. The van der Waals surface area contributed by atoms with Crippen LogP contribution >= 0.6 is 58.8 Å². The first kappa shape index (κ1) is 37.3. The van der Waals surface area contributed by atoms with Gasteiger partial charge in [0.1, 0.15) is 11.4 Å². The summed E-state index contributed by atoms with van der Waals surface area (Å²) in [6.45, 7) is 2.59. The second-order valence-corrected chi connectivity index (χ2v) is 19.1. The van der Waals surface area contributed by atoms with Crippen molar-refractivity contribution in [2.45, 2.75) is 88.2 Å². The summed E-state index contributed by atoms with van der Waals surface area (Å²) >= 11 is 7.99. The smallest absolute Gasteiger partial charge is 0.413 e. The zero-order chi connectivity index (χ0) is 34.5. The topological polar surface area (TPSA) is 187 Å². The normalized spacial score (nSPS) is 36.3. The molecule has 0 aromatic rings. The Labute approximate surface area is 306 Å². The molecule has 6 rings (SSSR count). The lowest BCUT2D eigenvalue weighted by molar-refractivity contribution is -0.140. The molecule has 19 heteroatoms. The molecule has 6 amide bonds. The Hall–Kier alpha value is -1.51. The highest BCUT2D eigenvalue weighted by atomic mass is 32.2. The molecular weight excluding hydrogens is 737 g/mol. The minimum atomic E-state index is -0.879. The lowest BCUT2D eigenvalue weighted by Gasteiger charge is -2.29. The Bertz CT molecular complexity index is 1270. The van der Waals surface area contributed by atoms with Crippen LogP contribution in [0.3, 0.4) is 0 Å². The van der Waals surface area contributed by atoms with Gasteiger partial charge in [-0.05, 0) is 50.5 Å². The number of carbonyl (C=O) groups is 6. The number of imide groups is 2. The van der Waals surface area contributed by atoms with E-state index in [-0.39, 0.29) is 47.7 Å². The molecule has 0 radical (unpaired) electrons. The maximum absolute atomic E-state index is 13.3. The van der Waals surface area contributed by atoms with Crippen LogP contribution in [0.25, 0.3) is 0 Å². The number of thioether (sulfide) groups is 5. The quantitative estimate of drug-likeness (QED) is 0.252. The van der Waals surface area contributed by atoms with E-state index in [4.69, 9.17) is 18.9 Å². The lowest BCUT2D eigenvalue weighted by atomic mass is 10.0. The highest BCUT2D eigenvalue weighted by Crippen LogP contribution is 2.47. The number of nitrogens with one attached hydrogen (secondary N) is 4. The summed E-state index contributed by atoms with van der Waals surface area (Å²) < 4.78 is 21.8. The molecule has 6 heterocycles. The lowest BCUT2D eigenvalue weighted by Crippen LogP contribution is -2.50. The summed E-state index contributed by atoms with van der Waals surface area (Å²) in [4.78, 5) is 77.0. The number of fused-ring (bicyclic) bond motifs is 2. The van der Waals surface area contributed by atoms with Gasteiger partial charge < -0.3 is 29.6 Å². The predicted octanol–water partition coefficient (Wildman–Crippen LogP) is 1.94. The third-order valence-corrected chi connectivity index (χ3v) is 16.7. The summed E-state index contributed by atoms with van der Waals surface area (Å²) in [6, 6.07) is 0. The van der Waals surface area contributed by atoms with Crippen LogP contribution in [0, 0.1) is 11.8 Å². The molecule has 0 aromatic heterocycles. The summed E-state index contributed by atoms with van der Waals surface area (Å²) in [5, 5.41) is 9.81. The van der Waals surface area contributed by atoms with Crippen molar-refractivity contribution < 1.29 is 47.7 Å².